The van der Waals surface area contributed by atoms with Crippen molar-refractivity contribution in [2.45, 2.75) is 12.8 Å². The SMILES string of the molecule is COc1cccc(CC(=O)c2ccc(CCN)cc2)c1. The molecule has 0 fully saturated rings. The van der Waals surface area contributed by atoms with Crippen molar-refractivity contribution in [3.05, 3.63) is 65.2 Å². The Morgan fingerprint density at radius 1 is 1.10 bits per heavy atom. The van der Waals surface area contributed by atoms with Crippen molar-refractivity contribution in [3.63, 3.8) is 0 Å². The number of hydrogen-bond acceptors (Lipinski definition) is 3. The van der Waals surface area contributed by atoms with Crippen molar-refractivity contribution in [1.29, 1.82) is 0 Å². The van der Waals surface area contributed by atoms with Crippen LogP contribution in [0.15, 0.2) is 48.5 Å². The molecule has 2 N–H and O–H groups in total. The van der Waals surface area contributed by atoms with Crippen LogP contribution < -0.4 is 10.5 Å². The normalized spacial score (nSPS) is 10.3. The molecule has 0 heterocycles. The topological polar surface area (TPSA) is 52.3 Å². The fraction of sp³-hybridized carbons (Fsp3) is 0.235. The summed E-state index contributed by atoms with van der Waals surface area (Å²) in [5.74, 6) is 0.881. The second-order valence-electron chi connectivity index (χ2n) is 4.69. The zero-order chi connectivity index (χ0) is 14.4. The largest absolute Gasteiger partial charge is 0.497 e. The predicted molar refractivity (Wildman–Crippen MR) is 80.2 cm³/mol. The van der Waals surface area contributed by atoms with E-state index in [-0.39, 0.29) is 5.78 Å². The van der Waals surface area contributed by atoms with Gasteiger partial charge in [-0.25, -0.2) is 0 Å². The number of carbonyl (C=O) groups is 1. The lowest BCUT2D eigenvalue weighted by Gasteiger charge is -2.05. The third-order valence-corrected chi connectivity index (χ3v) is 3.21. The number of nitrogens with two attached hydrogens (primary N) is 1. The fourth-order valence-corrected chi connectivity index (χ4v) is 2.09. The van der Waals surface area contributed by atoms with Gasteiger partial charge in [0.15, 0.2) is 5.78 Å². The van der Waals surface area contributed by atoms with Gasteiger partial charge in [0.25, 0.3) is 0 Å². The van der Waals surface area contributed by atoms with Crippen LogP contribution in [0.25, 0.3) is 0 Å². The first-order valence-electron chi connectivity index (χ1n) is 6.68. The summed E-state index contributed by atoms with van der Waals surface area (Å²) in [6.07, 6.45) is 1.22. The first kappa shape index (κ1) is 14.3. The van der Waals surface area contributed by atoms with Gasteiger partial charge in [0, 0.05) is 12.0 Å². The quantitative estimate of drug-likeness (QED) is 0.820. The molecule has 0 aliphatic carbocycles. The molecule has 0 saturated heterocycles. The Hall–Kier alpha value is -2.13. The first-order chi connectivity index (χ1) is 9.72. The molecule has 104 valence electrons. The Labute approximate surface area is 119 Å². The van der Waals surface area contributed by atoms with Crippen LogP contribution >= 0.6 is 0 Å². The van der Waals surface area contributed by atoms with E-state index in [2.05, 4.69) is 0 Å². The van der Waals surface area contributed by atoms with Crippen molar-refractivity contribution in [2.24, 2.45) is 5.73 Å². The molecule has 0 saturated carbocycles. The van der Waals surface area contributed by atoms with Crippen LogP contribution in [-0.2, 0) is 12.8 Å². The van der Waals surface area contributed by atoms with E-state index in [1.54, 1.807) is 7.11 Å². The maximum Gasteiger partial charge on any atom is 0.167 e. The molecule has 20 heavy (non-hydrogen) atoms. The van der Waals surface area contributed by atoms with E-state index in [0.29, 0.717) is 13.0 Å². The van der Waals surface area contributed by atoms with Crippen molar-refractivity contribution < 1.29 is 9.53 Å². The van der Waals surface area contributed by atoms with Gasteiger partial charge in [-0.05, 0) is 36.2 Å². The maximum absolute atomic E-state index is 12.2. The van der Waals surface area contributed by atoms with Gasteiger partial charge in [-0.2, -0.15) is 0 Å². The number of ketones is 1. The van der Waals surface area contributed by atoms with E-state index >= 15 is 0 Å². The highest BCUT2D eigenvalue weighted by atomic mass is 16.5. The zero-order valence-electron chi connectivity index (χ0n) is 11.6. The molecule has 0 atom stereocenters. The monoisotopic (exact) mass is 269 g/mol. The summed E-state index contributed by atoms with van der Waals surface area (Å²) in [5, 5.41) is 0. The molecule has 2 rings (SSSR count). The minimum Gasteiger partial charge on any atom is -0.497 e. The second kappa shape index (κ2) is 6.87. The van der Waals surface area contributed by atoms with Crippen molar-refractivity contribution >= 4 is 5.78 Å². The summed E-state index contributed by atoms with van der Waals surface area (Å²) in [7, 11) is 1.62. The number of rotatable bonds is 6. The minimum absolute atomic E-state index is 0.109. The molecule has 0 bridgehead atoms. The van der Waals surface area contributed by atoms with Gasteiger partial charge in [-0.3, -0.25) is 4.79 Å². The molecule has 0 unspecified atom stereocenters. The predicted octanol–water partition coefficient (Wildman–Crippen LogP) is 2.62. The van der Waals surface area contributed by atoms with E-state index in [1.807, 2.05) is 48.5 Å². The Kier molecular flexibility index (Phi) is 4.91. The van der Waals surface area contributed by atoms with Crippen LogP contribution in [0.4, 0.5) is 0 Å². The average molecular weight is 269 g/mol. The Morgan fingerprint density at radius 2 is 1.85 bits per heavy atom. The molecule has 0 aliphatic heterocycles. The molecular weight excluding hydrogens is 250 g/mol. The van der Waals surface area contributed by atoms with E-state index in [4.69, 9.17) is 10.5 Å². The van der Waals surface area contributed by atoms with Gasteiger partial charge in [0.1, 0.15) is 5.75 Å². The van der Waals surface area contributed by atoms with Crippen molar-refractivity contribution in [3.8, 4) is 5.75 Å². The lowest BCUT2D eigenvalue weighted by Crippen LogP contribution is -2.05. The molecule has 2 aromatic carbocycles. The Balaban J connectivity index is 2.07. The van der Waals surface area contributed by atoms with Crippen LogP contribution in [0.1, 0.15) is 21.5 Å². The Bertz CT molecular complexity index is 576. The number of ether oxygens (including phenoxy) is 1. The van der Waals surface area contributed by atoms with Crippen molar-refractivity contribution in [2.75, 3.05) is 13.7 Å². The van der Waals surface area contributed by atoms with Gasteiger partial charge >= 0.3 is 0 Å². The average Bonchev–Trinajstić information content (AvgIpc) is 2.48. The number of methoxy groups -OCH3 is 1. The third-order valence-electron chi connectivity index (χ3n) is 3.21. The van der Waals surface area contributed by atoms with E-state index < -0.39 is 0 Å². The lowest BCUT2D eigenvalue weighted by molar-refractivity contribution is 0.0993. The third kappa shape index (κ3) is 3.68. The maximum atomic E-state index is 12.2. The number of Topliss-reactive ketones (excluding diaryl/α,β-unsaturated/α-hetero) is 1. The highest BCUT2D eigenvalue weighted by Gasteiger charge is 2.07. The fourth-order valence-electron chi connectivity index (χ4n) is 2.09. The van der Waals surface area contributed by atoms with Crippen LogP contribution in [0.3, 0.4) is 0 Å². The molecule has 3 nitrogen and oxygen atoms in total. The van der Waals surface area contributed by atoms with Crippen LogP contribution in [0, 0.1) is 0 Å². The van der Waals surface area contributed by atoms with E-state index in [9.17, 15) is 4.79 Å². The number of carbonyl (C=O) groups excluding carboxylic acids is 1. The summed E-state index contributed by atoms with van der Waals surface area (Å²) >= 11 is 0. The van der Waals surface area contributed by atoms with Gasteiger partial charge < -0.3 is 10.5 Å². The van der Waals surface area contributed by atoms with Gasteiger partial charge in [-0.15, -0.1) is 0 Å². The summed E-state index contributed by atoms with van der Waals surface area (Å²) < 4.78 is 5.16. The van der Waals surface area contributed by atoms with E-state index in [1.165, 1.54) is 0 Å². The molecule has 0 amide bonds. The first-order valence-corrected chi connectivity index (χ1v) is 6.68. The van der Waals surface area contributed by atoms with Gasteiger partial charge in [0.2, 0.25) is 0 Å². The lowest BCUT2D eigenvalue weighted by atomic mass is 10.0. The van der Waals surface area contributed by atoms with E-state index in [0.717, 1.165) is 28.9 Å². The molecular formula is C17H19NO2. The summed E-state index contributed by atoms with van der Waals surface area (Å²) in [4.78, 5) is 12.2. The highest BCUT2D eigenvalue weighted by Crippen LogP contribution is 2.15. The number of hydrogen-bond donors (Lipinski definition) is 1. The standard InChI is InChI=1S/C17H19NO2/c1-20-16-4-2-3-14(11-16)12-17(19)15-7-5-13(6-8-15)9-10-18/h2-8,11H,9-10,12,18H2,1H3. The van der Waals surface area contributed by atoms with Gasteiger partial charge in [-0.1, -0.05) is 36.4 Å². The molecule has 2 aromatic rings. The summed E-state index contributed by atoms with van der Waals surface area (Å²) in [6.45, 7) is 0.622. The van der Waals surface area contributed by atoms with Crippen LogP contribution in [-0.4, -0.2) is 19.4 Å². The zero-order valence-corrected chi connectivity index (χ0v) is 11.6. The van der Waals surface area contributed by atoms with Gasteiger partial charge in [0.05, 0.1) is 7.11 Å². The Morgan fingerprint density at radius 3 is 2.50 bits per heavy atom. The van der Waals surface area contributed by atoms with Crippen molar-refractivity contribution in [1.82, 2.24) is 0 Å². The number of benzene rings is 2. The molecule has 3 heteroatoms. The smallest absolute Gasteiger partial charge is 0.167 e. The minimum atomic E-state index is 0.109. The highest BCUT2D eigenvalue weighted by molar-refractivity contribution is 5.97. The molecule has 0 spiro atoms. The summed E-state index contributed by atoms with van der Waals surface area (Å²) in [6, 6.07) is 15.3. The second-order valence-corrected chi connectivity index (χ2v) is 4.69. The molecule has 0 radical (unpaired) electrons. The summed E-state index contributed by atoms with van der Waals surface area (Å²) in [5.41, 5.74) is 8.36. The molecule has 0 aromatic heterocycles. The van der Waals surface area contributed by atoms with Crippen LogP contribution in [0.2, 0.25) is 0 Å². The molecule has 0 aliphatic rings. The van der Waals surface area contributed by atoms with Crippen LogP contribution in [0.5, 0.6) is 5.75 Å².